The highest BCUT2D eigenvalue weighted by Crippen LogP contribution is 2.27. The molecule has 1 aliphatic rings. The maximum atomic E-state index is 12.1. The summed E-state index contributed by atoms with van der Waals surface area (Å²) in [6.07, 6.45) is -0.114. The van der Waals surface area contributed by atoms with Crippen LogP contribution in [0.25, 0.3) is 11.5 Å². The number of ether oxygens (including phenoxy) is 1. The second kappa shape index (κ2) is 6.70. The topological polar surface area (TPSA) is 71.7 Å². The summed E-state index contributed by atoms with van der Waals surface area (Å²) in [6, 6.07) is 7.18. The summed E-state index contributed by atoms with van der Waals surface area (Å²) in [5, 5.41) is 8.25. The number of hydrogen-bond acceptors (Lipinski definition) is 6. The van der Waals surface area contributed by atoms with E-state index in [1.165, 1.54) is 4.90 Å². The van der Waals surface area contributed by atoms with E-state index in [2.05, 4.69) is 15.1 Å². The van der Waals surface area contributed by atoms with Crippen molar-refractivity contribution in [1.82, 2.24) is 20.0 Å². The highest BCUT2D eigenvalue weighted by molar-refractivity contribution is 5.94. The smallest absolute Gasteiger partial charge is 0.253 e. The second-order valence-corrected chi connectivity index (χ2v) is 6.38. The molecule has 2 heterocycles. The predicted molar refractivity (Wildman–Crippen MR) is 88.5 cm³/mol. The van der Waals surface area contributed by atoms with Gasteiger partial charge in [-0.25, -0.2) is 0 Å². The fourth-order valence-electron chi connectivity index (χ4n) is 2.82. The van der Waals surface area contributed by atoms with Gasteiger partial charge in [0.05, 0.1) is 6.10 Å². The third kappa shape index (κ3) is 3.47. The minimum atomic E-state index is -0.230. The molecule has 2 aromatic rings. The van der Waals surface area contributed by atoms with Gasteiger partial charge in [-0.3, -0.25) is 4.79 Å². The molecule has 1 aromatic carbocycles. The maximum absolute atomic E-state index is 12.1. The molecule has 0 bridgehead atoms. The monoisotopic (exact) mass is 330 g/mol. The molecule has 7 nitrogen and oxygen atoms in total. The molecule has 2 atom stereocenters. The molecule has 24 heavy (non-hydrogen) atoms. The van der Waals surface area contributed by atoms with Crippen LogP contribution in [-0.4, -0.2) is 66.2 Å². The number of benzene rings is 1. The van der Waals surface area contributed by atoms with Crippen molar-refractivity contribution < 1.29 is 13.9 Å². The second-order valence-electron chi connectivity index (χ2n) is 6.38. The van der Waals surface area contributed by atoms with E-state index >= 15 is 0 Å². The Kier molecular flexibility index (Phi) is 4.64. The van der Waals surface area contributed by atoms with Gasteiger partial charge < -0.3 is 19.0 Å². The number of hydrogen-bond donors (Lipinski definition) is 0. The maximum Gasteiger partial charge on any atom is 0.253 e. The number of nitrogens with zero attached hydrogens (tertiary/aromatic N) is 4. The van der Waals surface area contributed by atoms with Crippen LogP contribution in [0.15, 0.2) is 28.7 Å². The van der Waals surface area contributed by atoms with Crippen LogP contribution in [0.2, 0.25) is 0 Å². The third-order valence-corrected chi connectivity index (χ3v) is 3.92. The van der Waals surface area contributed by atoms with Crippen molar-refractivity contribution in [3.05, 3.63) is 35.7 Å². The predicted octanol–water partition coefficient (Wildman–Crippen LogP) is 1.83. The van der Waals surface area contributed by atoms with E-state index in [0.717, 1.165) is 12.1 Å². The number of rotatable bonds is 3. The first-order valence-electron chi connectivity index (χ1n) is 7.93. The van der Waals surface area contributed by atoms with E-state index in [9.17, 15) is 4.79 Å². The summed E-state index contributed by atoms with van der Waals surface area (Å²) >= 11 is 0. The van der Waals surface area contributed by atoms with Gasteiger partial charge in [0.15, 0.2) is 0 Å². The van der Waals surface area contributed by atoms with Crippen LogP contribution >= 0.6 is 0 Å². The largest absolute Gasteiger partial charge is 0.418 e. The molecule has 0 unspecified atom stereocenters. The summed E-state index contributed by atoms with van der Waals surface area (Å²) in [5.74, 6) is 0.790. The Morgan fingerprint density at radius 2 is 2.08 bits per heavy atom. The molecule has 0 saturated carbocycles. The van der Waals surface area contributed by atoms with Gasteiger partial charge in [0, 0.05) is 38.3 Å². The summed E-state index contributed by atoms with van der Waals surface area (Å²) in [4.78, 5) is 15.8. The highest BCUT2D eigenvalue weighted by Gasteiger charge is 2.28. The normalized spacial score (nSPS) is 21.7. The first kappa shape index (κ1) is 16.6. The van der Waals surface area contributed by atoms with Gasteiger partial charge in [-0.1, -0.05) is 6.07 Å². The lowest BCUT2D eigenvalue weighted by Crippen LogP contribution is -2.40. The van der Waals surface area contributed by atoms with Gasteiger partial charge in [0.2, 0.25) is 11.8 Å². The molecule has 7 heteroatoms. The Morgan fingerprint density at radius 3 is 2.79 bits per heavy atom. The van der Waals surface area contributed by atoms with Crippen molar-refractivity contribution >= 4 is 5.91 Å². The van der Waals surface area contributed by atoms with Gasteiger partial charge in [-0.05, 0) is 32.2 Å². The van der Waals surface area contributed by atoms with Crippen LogP contribution in [0, 0.1) is 0 Å². The number of carbonyl (C=O) groups excluding carboxylic acids is 1. The Balaban J connectivity index is 1.83. The molecule has 1 aliphatic heterocycles. The minimum absolute atomic E-state index is 0.0670. The molecule has 1 amide bonds. The van der Waals surface area contributed by atoms with E-state index in [4.69, 9.17) is 9.15 Å². The van der Waals surface area contributed by atoms with Crippen molar-refractivity contribution in [3.8, 4) is 11.5 Å². The van der Waals surface area contributed by atoms with Crippen molar-refractivity contribution in [3.63, 3.8) is 0 Å². The summed E-state index contributed by atoms with van der Waals surface area (Å²) in [5.41, 5.74) is 1.30. The molecule has 0 N–H and O–H groups in total. The zero-order valence-corrected chi connectivity index (χ0v) is 14.4. The minimum Gasteiger partial charge on any atom is -0.418 e. The van der Waals surface area contributed by atoms with E-state index < -0.39 is 0 Å². The number of carbonyl (C=O) groups is 1. The zero-order chi connectivity index (χ0) is 17.3. The Bertz CT molecular complexity index is 718. The first-order valence-corrected chi connectivity index (χ1v) is 7.93. The lowest BCUT2D eigenvalue weighted by molar-refractivity contribution is -0.0821. The van der Waals surface area contributed by atoms with Gasteiger partial charge in [-0.2, -0.15) is 0 Å². The molecular weight excluding hydrogens is 308 g/mol. The van der Waals surface area contributed by atoms with Gasteiger partial charge in [0.1, 0.15) is 6.10 Å². The van der Waals surface area contributed by atoms with Gasteiger partial charge in [-0.15, -0.1) is 10.2 Å². The van der Waals surface area contributed by atoms with Crippen LogP contribution in [0.5, 0.6) is 0 Å². The van der Waals surface area contributed by atoms with Crippen molar-refractivity contribution in [2.24, 2.45) is 0 Å². The SMILES string of the molecule is C[C@@H]1CN(C)C[C@H](c2nnc(-c3cccc(C(=O)N(C)C)c3)o2)O1. The van der Waals surface area contributed by atoms with Crippen molar-refractivity contribution in [2.75, 3.05) is 34.2 Å². The lowest BCUT2D eigenvalue weighted by atomic mass is 10.1. The van der Waals surface area contributed by atoms with Crippen LogP contribution in [0.3, 0.4) is 0 Å². The van der Waals surface area contributed by atoms with Crippen LogP contribution in [0.1, 0.15) is 29.3 Å². The lowest BCUT2D eigenvalue weighted by Gasteiger charge is -2.32. The Hall–Kier alpha value is -2.25. The summed E-state index contributed by atoms with van der Waals surface area (Å²) < 4.78 is 11.7. The zero-order valence-electron chi connectivity index (χ0n) is 14.4. The van der Waals surface area contributed by atoms with Gasteiger partial charge in [0.25, 0.3) is 5.91 Å². The number of morpholine rings is 1. The van der Waals surface area contributed by atoms with E-state index in [-0.39, 0.29) is 18.1 Å². The fourth-order valence-corrected chi connectivity index (χ4v) is 2.82. The molecule has 128 valence electrons. The summed E-state index contributed by atoms with van der Waals surface area (Å²) in [7, 11) is 5.48. The molecule has 0 aliphatic carbocycles. The Morgan fingerprint density at radius 1 is 1.29 bits per heavy atom. The Labute approximate surface area is 141 Å². The van der Waals surface area contributed by atoms with E-state index in [0.29, 0.717) is 23.9 Å². The average molecular weight is 330 g/mol. The molecule has 0 radical (unpaired) electrons. The molecule has 1 saturated heterocycles. The number of aromatic nitrogens is 2. The molecule has 1 fully saturated rings. The van der Waals surface area contributed by atoms with E-state index in [1.807, 2.05) is 26.1 Å². The summed E-state index contributed by atoms with van der Waals surface area (Å²) in [6.45, 7) is 3.62. The molecule has 0 spiro atoms. The van der Waals surface area contributed by atoms with Crippen LogP contribution in [0.4, 0.5) is 0 Å². The van der Waals surface area contributed by atoms with Crippen molar-refractivity contribution in [1.29, 1.82) is 0 Å². The number of amides is 1. The fraction of sp³-hybridized carbons (Fsp3) is 0.471. The van der Waals surface area contributed by atoms with Gasteiger partial charge >= 0.3 is 0 Å². The number of likely N-dealkylation sites (N-methyl/N-ethyl adjacent to an activating group) is 1. The van der Waals surface area contributed by atoms with E-state index in [1.54, 1.807) is 26.2 Å². The quantitative estimate of drug-likeness (QED) is 0.855. The average Bonchev–Trinajstić information content (AvgIpc) is 3.03. The van der Waals surface area contributed by atoms with Crippen LogP contribution < -0.4 is 0 Å². The highest BCUT2D eigenvalue weighted by atomic mass is 16.5. The third-order valence-electron chi connectivity index (χ3n) is 3.92. The molecule has 3 rings (SSSR count). The standard InChI is InChI=1S/C17H22N4O3/c1-11-9-21(4)10-14(23-11)16-19-18-15(24-16)12-6-5-7-13(8-12)17(22)20(2)3/h5-8,11,14H,9-10H2,1-4H3/t11-,14-/m1/s1. The van der Waals surface area contributed by atoms with Crippen LogP contribution in [-0.2, 0) is 4.74 Å². The first-order chi connectivity index (χ1) is 11.4. The molecule has 1 aromatic heterocycles. The van der Waals surface area contributed by atoms with Crippen molar-refractivity contribution in [2.45, 2.75) is 19.1 Å². The molecular formula is C17H22N4O3.